The van der Waals surface area contributed by atoms with Crippen LogP contribution >= 0.6 is 0 Å². The zero-order valence-corrected chi connectivity index (χ0v) is 16.5. The number of carbonyl (C=O) groups is 1. The van der Waals surface area contributed by atoms with Crippen LogP contribution in [0.1, 0.15) is 36.8 Å². The van der Waals surface area contributed by atoms with Crippen LogP contribution in [-0.2, 0) is 26.9 Å². The molecule has 0 unspecified atom stereocenters. The summed E-state index contributed by atoms with van der Waals surface area (Å²) in [6, 6.07) is 4.43. The summed E-state index contributed by atoms with van der Waals surface area (Å²) in [6.45, 7) is 0.807. The molecule has 1 aromatic carbocycles. The van der Waals surface area contributed by atoms with Crippen LogP contribution in [0, 0.1) is 5.82 Å². The molecule has 1 amide bonds. The van der Waals surface area contributed by atoms with Gasteiger partial charge in [-0.05, 0) is 42.5 Å². The maximum atomic E-state index is 13.5. The predicted octanol–water partition coefficient (Wildman–Crippen LogP) is 1.09. The van der Waals surface area contributed by atoms with Gasteiger partial charge >= 0.3 is 0 Å². The monoisotopic (exact) mass is 398 g/mol. The second kappa shape index (κ2) is 9.68. The van der Waals surface area contributed by atoms with Crippen molar-refractivity contribution in [2.45, 2.75) is 44.0 Å². The van der Waals surface area contributed by atoms with Gasteiger partial charge in [0, 0.05) is 38.9 Å². The van der Waals surface area contributed by atoms with Gasteiger partial charge < -0.3 is 16.0 Å². The van der Waals surface area contributed by atoms with E-state index in [-0.39, 0.29) is 18.2 Å². The molecule has 1 aromatic rings. The molecule has 0 bridgehead atoms. The lowest BCUT2D eigenvalue weighted by molar-refractivity contribution is -0.121. The normalized spacial score (nSPS) is 14.7. The summed E-state index contributed by atoms with van der Waals surface area (Å²) >= 11 is 0. The van der Waals surface area contributed by atoms with Crippen LogP contribution < -0.4 is 16.0 Å². The fraction of sp³-hybridized carbons (Fsp3) is 0.556. The standard InChI is InChI=1S/C18H27FN4O3S/c1-20-18(21-9-3-4-17(24)23-16-7-8-16)22-11-14-10-15(19)6-5-13(14)12-27(2,25)26/h5-6,10,16H,3-4,7-9,11-12H2,1-2H3,(H,23,24)(H2,20,21,22). The summed E-state index contributed by atoms with van der Waals surface area (Å²) in [4.78, 5) is 15.7. The van der Waals surface area contributed by atoms with Gasteiger partial charge in [0.1, 0.15) is 5.82 Å². The number of sulfone groups is 1. The molecule has 1 saturated carbocycles. The largest absolute Gasteiger partial charge is 0.356 e. The summed E-state index contributed by atoms with van der Waals surface area (Å²) in [6.07, 6.45) is 4.40. The minimum Gasteiger partial charge on any atom is -0.356 e. The Morgan fingerprint density at radius 3 is 2.63 bits per heavy atom. The lowest BCUT2D eigenvalue weighted by Crippen LogP contribution is -2.38. The van der Waals surface area contributed by atoms with E-state index in [1.807, 2.05) is 0 Å². The molecule has 1 aliphatic carbocycles. The highest BCUT2D eigenvalue weighted by Gasteiger charge is 2.22. The van der Waals surface area contributed by atoms with Crippen molar-refractivity contribution < 1.29 is 17.6 Å². The van der Waals surface area contributed by atoms with E-state index in [1.54, 1.807) is 7.05 Å². The average molecular weight is 399 g/mol. The molecule has 1 aliphatic rings. The molecule has 3 N–H and O–H groups in total. The van der Waals surface area contributed by atoms with Gasteiger partial charge in [0.05, 0.1) is 5.75 Å². The van der Waals surface area contributed by atoms with Crippen molar-refractivity contribution in [3.05, 3.63) is 35.1 Å². The first-order chi connectivity index (χ1) is 12.8. The zero-order chi connectivity index (χ0) is 19.9. The Balaban J connectivity index is 1.81. The number of nitrogens with zero attached hydrogens (tertiary/aromatic N) is 1. The van der Waals surface area contributed by atoms with Crippen LogP contribution in [0.2, 0.25) is 0 Å². The number of benzene rings is 1. The van der Waals surface area contributed by atoms with Crippen LogP contribution in [0.15, 0.2) is 23.2 Å². The molecule has 150 valence electrons. The molecule has 0 heterocycles. The first-order valence-corrected chi connectivity index (χ1v) is 11.0. The summed E-state index contributed by atoms with van der Waals surface area (Å²) in [5.41, 5.74) is 1.12. The number of hydrogen-bond donors (Lipinski definition) is 3. The molecular formula is C18H27FN4O3S. The Bertz CT molecular complexity index is 792. The number of amides is 1. The second-order valence-electron chi connectivity index (χ2n) is 6.78. The average Bonchev–Trinajstić information content (AvgIpc) is 3.39. The van der Waals surface area contributed by atoms with E-state index in [2.05, 4.69) is 20.9 Å². The van der Waals surface area contributed by atoms with Crippen LogP contribution in [0.3, 0.4) is 0 Å². The quantitative estimate of drug-likeness (QED) is 0.329. The molecule has 1 fully saturated rings. The van der Waals surface area contributed by atoms with E-state index in [0.29, 0.717) is 42.5 Å². The van der Waals surface area contributed by atoms with Crippen LogP contribution in [0.25, 0.3) is 0 Å². The van der Waals surface area contributed by atoms with Crippen molar-refractivity contribution in [1.29, 1.82) is 0 Å². The maximum absolute atomic E-state index is 13.5. The van der Waals surface area contributed by atoms with Gasteiger partial charge in [0.2, 0.25) is 5.91 Å². The highest BCUT2D eigenvalue weighted by molar-refractivity contribution is 7.89. The number of guanidine groups is 1. The third-order valence-corrected chi connectivity index (χ3v) is 4.91. The van der Waals surface area contributed by atoms with Gasteiger partial charge in [-0.1, -0.05) is 6.07 Å². The van der Waals surface area contributed by atoms with Crippen molar-refractivity contribution >= 4 is 21.7 Å². The van der Waals surface area contributed by atoms with Crippen molar-refractivity contribution in [3.63, 3.8) is 0 Å². The Labute approximate surface area is 159 Å². The van der Waals surface area contributed by atoms with Crippen LogP contribution in [0.4, 0.5) is 4.39 Å². The molecule has 27 heavy (non-hydrogen) atoms. The number of hydrogen-bond acceptors (Lipinski definition) is 4. The minimum atomic E-state index is -3.22. The van der Waals surface area contributed by atoms with Crippen molar-refractivity contribution in [2.75, 3.05) is 19.8 Å². The van der Waals surface area contributed by atoms with Gasteiger partial charge in [0.25, 0.3) is 0 Å². The summed E-state index contributed by atoms with van der Waals surface area (Å²) in [7, 11) is -1.61. The van der Waals surface area contributed by atoms with E-state index < -0.39 is 15.7 Å². The topological polar surface area (TPSA) is 99.7 Å². The second-order valence-corrected chi connectivity index (χ2v) is 8.92. The van der Waals surface area contributed by atoms with Crippen LogP contribution in [-0.4, -0.2) is 46.2 Å². The lowest BCUT2D eigenvalue weighted by Gasteiger charge is -2.14. The fourth-order valence-corrected chi connectivity index (χ4v) is 3.41. The smallest absolute Gasteiger partial charge is 0.220 e. The molecule has 0 radical (unpaired) electrons. The molecule has 7 nitrogen and oxygen atoms in total. The molecule has 0 aromatic heterocycles. The lowest BCUT2D eigenvalue weighted by atomic mass is 10.1. The van der Waals surface area contributed by atoms with Gasteiger partial charge in [-0.2, -0.15) is 0 Å². The summed E-state index contributed by atoms with van der Waals surface area (Å²) < 4.78 is 36.6. The Morgan fingerprint density at radius 2 is 2.00 bits per heavy atom. The maximum Gasteiger partial charge on any atom is 0.220 e. The van der Waals surface area contributed by atoms with Gasteiger partial charge in [0.15, 0.2) is 15.8 Å². The Morgan fingerprint density at radius 1 is 1.26 bits per heavy atom. The molecule has 2 rings (SSSR count). The summed E-state index contributed by atoms with van der Waals surface area (Å²) in [5.74, 6) is 0.000141. The zero-order valence-electron chi connectivity index (χ0n) is 15.7. The molecule has 0 atom stereocenters. The SMILES string of the molecule is CN=C(NCCCC(=O)NC1CC1)NCc1cc(F)ccc1CS(C)(=O)=O. The number of carbonyl (C=O) groups excluding carboxylic acids is 1. The first-order valence-electron chi connectivity index (χ1n) is 8.96. The summed E-state index contributed by atoms with van der Waals surface area (Å²) in [5, 5.41) is 9.08. The Hall–Kier alpha value is -2.16. The number of nitrogens with one attached hydrogen (secondary N) is 3. The van der Waals surface area contributed by atoms with Gasteiger partial charge in [-0.15, -0.1) is 0 Å². The van der Waals surface area contributed by atoms with Crippen molar-refractivity contribution in [2.24, 2.45) is 4.99 Å². The molecular weight excluding hydrogens is 371 g/mol. The van der Waals surface area contributed by atoms with Crippen LogP contribution in [0.5, 0.6) is 0 Å². The number of rotatable bonds is 9. The molecule has 0 aliphatic heterocycles. The third-order valence-electron chi connectivity index (χ3n) is 4.07. The van der Waals surface area contributed by atoms with Crippen molar-refractivity contribution in [1.82, 2.24) is 16.0 Å². The number of aliphatic imine (C=N–C) groups is 1. The van der Waals surface area contributed by atoms with E-state index in [4.69, 9.17) is 0 Å². The van der Waals surface area contributed by atoms with Gasteiger partial charge in [-0.25, -0.2) is 12.8 Å². The van der Waals surface area contributed by atoms with Gasteiger partial charge in [-0.3, -0.25) is 9.79 Å². The molecule has 9 heteroatoms. The van der Waals surface area contributed by atoms with E-state index in [1.165, 1.54) is 18.2 Å². The molecule has 0 saturated heterocycles. The third kappa shape index (κ3) is 8.38. The minimum absolute atomic E-state index is 0.0624. The predicted molar refractivity (Wildman–Crippen MR) is 104 cm³/mol. The molecule has 0 spiro atoms. The first kappa shape index (κ1) is 21.1. The highest BCUT2D eigenvalue weighted by atomic mass is 32.2. The van der Waals surface area contributed by atoms with E-state index in [0.717, 1.165) is 19.1 Å². The fourth-order valence-electron chi connectivity index (χ4n) is 2.57. The van der Waals surface area contributed by atoms with E-state index in [9.17, 15) is 17.6 Å². The van der Waals surface area contributed by atoms with Crippen molar-refractivity contribution in [3.8, 4) is 0 Å². The Kier molecular flexibility index (Phi) is 7.58. The highest BCUT2D eigenvalue weighted by Crippen LogP contribution is 2.18. The number of halogens is 1. The van der Waals surface area contributed by atoms with E-state index >= 15 is 0 Å².